The molecule has 0 saturated carbocycles. The molecule has 0 radical (unpaired) electrons. The van der Waals surface area contributed by atoms with E-state index in [1.54, 1.807) is 15.3 Å². The summed E-state index contributed by atoms with van der Waals surface area (Å²) in [4.78, 5) is 21.1. The van der Waals surface area contributed by atoms with E-state index in [0.29, 0.717) is 19.0 Å². The summed E-state index contributed by atoms with van der Waals surface area (Å²) >= 11 is 0. The quantitative estimate of drug-likeness (QED) is 0.733. The molecule has 0 spiro atoms. The van der Waals surface area contributed by atoms with Crippen LogP contribution in [-0.2, 0) is 17.6 Å². The Labute approximate surface area is 149 Å². The Hall–Kier alpha value is -2.81. The summed E-state index contributed by atoms with van der Waals surface area (Å²) in [7, 11) is 0. The minimum absolute atomic E-state index is 0.0650. The van der Waals surface area contributed by atoms with Gasteiger partial charge in [0.1, 0.15) is 18.2 Å². The highest BCUT2D eigenvalue weighted by atomic mass is 16.5. The number of anilines is 1. The molecule has 134 valence electrons. The van der Waals surface area contributed by atoms with Crippen molar-refractivity contribution in [1.29, 1.82) is 0 Å². The van der Waals surface area contributed by atoms with E-state index in [9.17, 15) is 4.79 Å². The average Bonchev–Trinajstić information content (AvgIpc) is 3.33. The number of rotatable bonds is 3. The third kappa shape index (κ3) is 2.47. The molecule has 2 unspecified atom stereocenters. The lowest BCUT2D eigenvalue weighted by Gasteiger charge is -2.22. The Morgan fingerprint density at radius 2 is 2.19 bits per heavy atom. The molecule has 9 heteroatoms. The Balaban J connectivity index is 1.50. The molecule has 1 N–H and O–H groups in total. The van der Waals surface area contributed by atoms with Crippen LogP contribution in [0.25, 0.3) is 5.78 Å². The first-order valence-corrected chi connectivity index (χ1v) is 8.82. The normalized spacial score (nSPS) is 22.0. The first-order chi connectivity index (χ1) is 12.7. The van der Waals surface area contributed by atoms with Gasteiger partial charge in [-0.3, -0.25) is 4.79 Å². The standard InChI is InChI=1S/C17H19N7O2/c1-10-5-15(24-17(20-10)18-9-19-24)21-13-7-26-8-14(13)23-16(25)6-11-3-2-4-12(11)22-23/h5-6,9,13-14,21H,2-4,7-8H2,1H3. The van der Waals surface area contributed by atoms with E-state index < -0.39 is 0 Å². The largest absolute Gasteiger partial charge is 0.377 e. The molecule has 1 fully saturated rings. The molecule has 5 rings (SSSR count). The lowest BCUT2D eigenvalue weighted by molar-refractivity contribution is 0.182. The van der Waals surface area contributed by atoms with E-state index in [-0.39, 0.29) is 17.6 Å². The molecular weight excluding hydrogens is 334 g/mol. The molecular formula is C17H19N7O2. The fraction of sp³-hybridized carbons (Fsp3) is 0.471. The van der Waals surface area contributed by atoms with Crippen LogP contribution in [0.5, 0.6) is 0 Å². The first kappa shape index (κ1) is 15.4. The van der Waals surface area contributed by atoms with Crippen LogP contribution < -0.4 is 10.9 Å². The van der Waals surface area contributed by atoms with E-state index in [1.807, 2.05) is 13.0 Å². The first-order valence-electron chi connectivity index (χ1n) is 8.82. The van der Waals surface area contributed by atoms with Crippen LogP contribution in [0.2, 0.25) is 0 Å². The number of ether oxygens (including phenoxy) is 1. The third-order valence-electron chi connectivity index (χ3n) is 5.06. The Morgan fingerprint density at radius 3 is 3.12 bits per heavy atom. The molecule has 1 saturated heterocycles. The van der Waals surface area contributed by atoms with Gasteiger partial charge in [-0.05, 0) is 31.7 Å². The molecule has 0 amide bonds. The van der Waals surface area contributed by atoms with E-state index in [0.717, 1.165) is 42.0 Å². The number of fused-ring (bicyclic) bond motifs is 2. The van der Waals surface area contributed by atoms with Crippen LogP contribution in [0.1, 0.15) is 29.4 Å². The molecule has 4 heterocycles. The van der Waals surface area contributed by atoms with Crippen molar-refractivity contribution >= 4 is 11.6 Å². The van der Waals surface area contributed by atoms with Crippen LogP contribution in [0, 0.1) is 6.92 Å². The van der Waals surface area contributed by atoms with Gasteiger partial charge in [0.2, 0.25) is 0 Å². The maximum atomic E-state index is 12.6. The fourth-order valence-electron chi connectivity index (χ4n) is 3.80. The second-order valence-corrected chi connectivity index (χ2v) is 6.86. The number of nitrogens with one attached hydrogen (secondary N) is 1. The van der Waals surface area contributed by atoms with Gasteiger partial charge >= 0.3 is 0 Å². The van der Waals surface area contributed by atoms with Gasteiger partial charge < -0.3 is 10.1 Å². The van der Waals surface area contributed by atoms with Gasteiger partial charge in [0, 0.05) is 17.8 Å². The van der Waals surface area contributed by atoms with Gasteiger partial charge in [-0.2, -0.15) is 19.7 Å². The van der Waals surface area contributed by atoms with Gasteiger partial charge in [-0.25, -0.2) is 9.67 Å². The zero-order valence-corrected chi connectivity index (χ0v) is 14.4. The van der Waals surface area contributed by atoms with E-state index in [1.165, 1.54) is 6.33 Å². The van der Waals surface area contributed by atoms with Crippen molar-refractivity contribution in [3.63, 3.8) is 0 Å². The van der Waals surface area contributed by atoms with Gasteiger partial charge in [0.05, 0.1) is 24.9 Å². The highest BCUT2D eigenvalue weighted by molar-refractivity contribution is 5.45. The van der Waals surface area contributed by atoms with E-state index in [4.69, 9.17) is 4.74 Å². The molecule has 0 bridgehead atoms. The predicted octanol–water partition coefficient (Wildman–Crippen LogP) is 0.530. The zero-order valence-electron chi connectivity index (χ0n) is 14.4. The number of hydrogen-bond donors (Lipinski definition) is 1. The molecule has 0 aromatic carbocycles. The van der Waals surface area contributed by atoms with E-state index in [2.05, 4.69) is 25.5 Å². The number of nitrogens with zero attached hydrogens (tertiary/aromatic N) is 6. The minimum Gasteiger partial charge on any atom is -0.377 e. The topological polar surface area (TPSA) is 99.2 Å². The molecule has 9 nitrogen and oxygen atoms in total. The third-order valence-corrected chi connectivity index (χ3v) is 5.06. The minimum atomic E-state index is -0.166. The maximum Gasteiger partial charge on any atom is 0.267 e. The fourth-order valence-corrected chi connectivity index (χ4v) is 3.80. The van der Waals surface area contributed by atoms with Crippen molar-refractivity contribution in [2.24, 2.45) is 0 Å². The van der Waals surface area contributed by atoms with Gasteiger partial charge in [0.15, 0.2) is 0 Å². The average molecular weight is 353 g/mol. The summed E-state index contributed by atoms with van der Waals surface area (Å²) in [5, 5.41) is 12.3. The van der Waals surface area contributed by atoms with Gasteiger partial charge in [-0.15, -0.1) is 0 Å². The van der Waals surface area contributed by atoms with Crippen LogP contribution in [0.3, 0.4) is 0 Å². The SMILES string of the molecule is Cc1cc(NC2COCC2n2nc3c(cc2=O)CCC3)n2ncnc2n1. The van der Waals surface area contributed by atoms with E-state index >= 15 is 0 Å². The van der Waals surface area contributed by atoms with Crippen molar-refractivity contribution in [2.75, 3.05) is 18.5 Å². The molecule has 3 aromatic rings. The van der Waals surface area contributed by atoms with Crippen molar-refractivity contribution in [2.45, 2.75) is 38.3 Å². The summed E-state index contributed by atoms with van der Waals surface area (Å²) < 4.78 is 8.91. The Morgan fingerprint density at radius 1 is 1.27 bits per heavy atom. The molecule has 1 aliphatic heterocycles. The second kappa shape index (κ2) is 5.87. The highest BCUT2D eigenvalue weighted by Gasteiger charge is 2.33. The zero-order chi connectivity index (χ0) is 17.7. The van der Waals surface area contributed by atoms with Crippen molar-refractivity contribution in [3.8, 4) is 0 Å². The predicted molar refractivity (Wildman–Crippen MR) is 93.3 cm³/mol. The van der Waals surface area contributed by atoms with Crippen molar-refractivity contribution < 1.29 is 4.74 Å². The van der Waals surface area contributed by atoms with Crippen LogP contribution in [0.4, 0.5) is 5.82 Å². The Bertz CT molecular complexity index is 1040. The van der Waals surface area contributed by atoms with Crippen LogP contribution in [0.15, 0.2) is 23.3 Å². The maximum absolute atomic E-state index is 12.6. The summed E-state index contributed by atoms with van der Waals surface area (Å²) in [5.41, 5.74) is 2.90. The van der Waals surface area contributed by atoms with Crippen molar-refractivity contribution in [3.05, 3.63) is 45.8 Å². The smallest absolute Gasteiger partial charge is 0.267 e. The summed E-state index contributed by atoms with van der Waals surface area (Å²) in [6.45, 7) is 2.86. The number of hydrogen-bond acceptors (Lipinski definition) is 7. The highest BCUT2D eigenvalue weighted by Crippen LogP contribution is 2.24. The van der Waals surface area contributed by atoms with Crippen molar-refractivity contribution in [1.82, 2.24) is 29.4 Å². The monoisotopic (exact) mass is 353 g/mol. The van der Waals surface area contributed by atoms with Crippen LogP contribution in [-0.4, -0.2) is 48.6 Å². The summed E-state index contributed by atoms with van der Waals surface area (Å²) in [6, 6.07) is 3.39. The molecule has 26 heavy (non-hydrogen) atoms. The lowest BCUT2D eigenvalue weighted by atomic mass is 10.1. The summed E-state index contributed by atoms with van der Waals surface area (Å²) in [5.74, 6) is 1.32. The molecule has 2 aliphatic rings. The number of aromatic nitrogens is 6. The second-order valence-electron chi connectivity index (χ2n) is 6.86. The summed E-state index contributed by atoms with van der Waals surface area (Å²) in [6.07, 6.45) is 4.42. The van der Waals surface area contributed by atoms with Gasteiger partial charge in [0.25, 0.3) is 11.3 Å². The number of aryl methyl sites for hydroxylation is 3. The molecule has 2 atom stereocenters. The molecule has 1 aliphatic carbocycles. The van der Waals surface area contributed by atoms with Gasteiger partial charge in [-0.1, -0.05) is 0 Å². The Kier molecular flexibility index (Phi) is 3.49. The van der Waals surface area contributed by atoms with Crippen LogP contribution >= 0.6 is 0 Å². The lowest BCUT2D eigenvalue weighted by Crippen LogP contribution is -2.38. The molecule has 3 aromatic heterocycles.